The van der Waals surface area contributed by atoms with E-state index in [1.807, 2.05) is 66.9 Å². The van der Waals surface area contributed by atoms with Crippen molar-refractivity contribution in [1.29, 1.82) is 0 Å². The number of rotatable bonds is 2. The fraction of sp³-hybridized carbons (Fsp3) is 0. The van der Waals surface area contributed by atoms with Crippen molar-refractivity contribution >= 4 is 22.4 Å². The van der Waals surface area contributed by atoms with Crippen LogP contribution in [0.1, 0.15) is 11.1 Å². The van der Waals surface area contributed by atoms with E-state index in [4.69, 9.17) is 0 Å². The molecule has 114 valence electrons. The molecule has 0 unspecified atom stereocenters. The van der Waals surface area contributed by atoms with E-state index in [0.717, 1.165) is 33.5 Å². The lowest BCUT2D eigenvalue weighted by molar-refractivity contribution is 1.32. The van der Waals surface area contributed by atoms with Crippen LogP contribution in [-0.4, -0.2) is 9.97 Å². The van der Waals surface area contributed by atoms with Gasteiger partial charge in [0.1, 0.15) is 5.65 Å². The molecule has 0 fully saturated rings. The van der Waals surface area contributed by atoms with Crippen LogP contribution in [0.3, 0.4) is 0 Å². The zero-order chi connectivity index (χ0) is 16.2. The number of benzene rings is 2. The summed E-state index contributed by atoms with van der Waals surface area (Å²) in [6, 6.07) is 22.2. The number of anilines is 2. The van der Waals surface area contributed by atoms with Crippen LogP contribution in [0, 0.1) is 11.8 Å². The van der Waals surface area contributed by atoms with Gasteiger partial charge in [-0.2, -0.15) is 0 Å². The van der Waals surface area contributed by atoms with Gasteiger partial charge in [0.15, 0.2) is 0 Å². The standard InChI is InChI=1S/C21H15N3/c1-2-6-18(7-3-1)24-19-8-4-5-16(15-19)9-10-17-11-13-22-21-20(17)12-14-23-21/h1-8,11-15,24H,(H,22,23). The Morgan fingerprint density at radius 2 is 1.71 bits per heavy atom. The normalized spacial score (nSPS) is 10.2. The average Bonchev–Trinajstić information content (AvgIpc) is 3.10. The number of fused-ring (bicyclic) bond motifs is 1. The number of nitrogens with zero attached hydrogens (tertiary/aromatic N) is 1. The number of aromatic nitrogens is 2. The van der Waals surface area contributed by atoms with Crippen molar-refractivity contribution in [3.05, 3.63) is 90.3 Å². The highest BCUT2D eigenvalue weighted by Gasteiger charge is 1.99. The first kappa shape index (κ1) is 14.1. The Balaban J connectivity index is 1.62. The Hall–Kier alpha value is -3.51. The van der Waals surface area contributed by atoms with E-state index in [9.17, 15) is 0 Å². The second-order valence-corrected chi connectivity index (χ2v) is 5.42. The number of para-hydroxylation sites is 1. The predicted octanol–water partition coefficient (Wildman–Crippen LogP) is 4.71. The molecule has 2 aromatic carbocycles. The Kier molecular flexibility index (Phi) is 3.71. The highest BCUT2D eigenvalue weighted by atomic mass is 14.9. The number of hydrogen-bond donors (Lipinski definition) is 2. The van der Waals surface area contributed by atoms with Gasteiger partial charge in [0, 0.05) is 40.3 Å². The minimum absolute atomic E-state index is 0.862. The summed E-state index contributed by atoms with van der Waals surface area (Å²) < 4.78 is 0. The Morgan fingerprint density at radius 3 is 2.62 bits per heavy atom. The number of hydrogen-bond acceptors (Lipinski definition) is 2. The average molecular weight is 309 g/mol. The maximum Gasteiger partial charge on any atom is 0.138 e. The van der Waals surface area contributed by atoms with Gasteiger partial charge in [-0.15, -0.1) is 0 Å². The van der Waals surface area contributed by atoms with Gasteiger partial charge >= 0.3 is 0 Å². The maximum absolute atomic E-state index is 4.28. The molecule has 0 bridgehead atoms. The molecule has 0 amide bonds. The summed E-state index contributed by atoms with van der Waals surface area (Å²) in [6.07, 6.45) is 3.66. The monoisotopic (exact) mass is 309 g/mol. The molecule has 0 saturated heterocycles. The van der Waals surface area contributed by atoms with Crippen LogP contribution in [0.2, 0.25) is 0 Å². The quantitative estimate of drug-likeness (QED) is 0.527. The molecule has 0 aliphatic carbocycles. The van der Waals surface area contributed by atoms with Crippen molar-refractivity contribution in [3.8, 4) is 11.8 Å². The number of aromatic amines is 1. The summed E-state index contributed by atoms with van der Waals surface area (Å²) in [4.78, 5) is 7.39. The molecule has 0 atom stereocenters. The van der Waals surface area contributed by atoms with Crippen molar-refractivity contribution in [3.63, 3.8) is 0 Å². The minimum Gasteiger partial charge on any atom is -0.355 e. The highest BCUT2D eigenvalue weighted by molar-refractivity contribution is 5.82. The largest absolute Gasteiger partial charge is 0.355 e. The maximum atomic E-state index is 4.28. The molecule has 2 N–H and O–H groups in total. The fourth-order valence-electron chi connectivity index (χ4n) is 2.57. The molecular formula is C21H15N3. The molecule has 0 aliphatic heterocycles. The molecule has 4 rings (SSSR count). The van der Waals surface area contributed by atoms with Gasteiger partial charge in [-0.1, -0.05) is 36.1 Å². The van der Waals surface area contributed by atoms with Crippen molar-refractivity contribution in [2.24, 2.45) is 0 Å². The van der Waals surface area contributed by atoms with Crippen LogP contribution in [0.5, 0.6) is 0 Å². The summed E-state index contributed by atoms with van der Waals surface area (Å²) in [7, 11) is 0. The van der Waals surface area contributed by atoms with Crippen LogP contribution >= 0.6 is 0 Å². The third kappa shape index (κ3) is 2.99. The predicted molar refractivity (Wildman–Crippen MR) is 98.2 cm³/mol. The van der Waals surface area contributed by atoms with Crippen LogP contribution in [0.15, 0.2) is 79.1 Å². The molecule has 0 spiro atoms. The zero-order valence-corrected chi connectivity index (χ0v) is 13.0. The molecule has 2 heterocycles. The van der Waals surface area contributed by atoms with Gasteiger partial charge in [-0.25, -0.2) is 4.98 Å². The summed E-state index contributed by atoms with van der Waals surface area (Å²) in [5.41, 5.74) is 4.89. The van der Waals surface area contributed by atoms with E-state index in [2.05, 4.69) is 33.2 Å². The molecule has 0 saturated carbocycles. The molecule has 3 nitrogen and oxygen atoms in total. The van der Waals surface area contributed by atoms with E-state index in [-0.39, 0.29) is 0 Å². The van der Waals surface area contributed by atoms with Gasteiger partial charge in [0.25, 0.3) is 0 Å². The first-order valence-electron chi connectivity index (χ1n) is 7.75. The summed E-state index contributed by atoms with van der Waals surface area (Å²) in [6.45, 7) is 0. The number of pyridine rings is 1. The van der Waals surface area contributed by atoms with E-state index in [1.54, 1.807) is 6.20 Å². The van der Waals surface area contributed by atoms with Gasteiger partial charge < -0.3 is 10.3 Å². The van der Waals surface area contributed by atoms with Crippen LogP contribution in [0.25, 0.3) is 11.0 Å². The first-order valence-corrected chi connectivity index (χ1v) is 7.75. The summed E-state index contributed by atoms with van der Waals surface area (Å²) >= 11 is 0. The van der Waals surface area contributed by atoms with Gasteiger partial charge in [-0.05, 0) is 42.5 Å². The number of H-pyrrole nitrogens is 1. The molecule has 2 aromatic heterocycles. The fourth-order valence-corrected chi connectivity index (χ4v) is 2.57. The SMILES string of the molecule is C(#Cc1ccnc2[nH]ccc12)c1cccc(Nc2ccccc2)c1. The third-order valence-corrected chi connectivity index (χ3v) is 3.73. The van der Waals surface area contributed by atoms with Crippen molar-refractivity contribution in [2.75, 3.05) is 5.32 Å². The second-order valence-electron chi connectivity index (χ2n) is 5.42. The summed E-state index contributed by atoms with van der Waals surface area (Å²) in [5.74, 6) is 6.48. The zero-order valence-electron chi connectivity index (χ0n) is 13.0. The van der Waals surface area contributed by atoms with E-state index in [1.165, 1.54) is 0 Å². The molecule has 24 heavy (non-hydrogen) atoms. The third-order valence-electron chi connectivity index (χ3n) is 3.73. The second kappa shape index (κ2) is 6.31. The molecule has 4 aromatic rings. The van der Waals surface area contributed by atoms with Gasteiger partial charge in [0.05, 0.1) is 0 Å². The number of nitrogens with one attached hydrogen (secondary N) is 2. The minimum atomic E-state index is 0.862. The Morgan fingerprint density at radius 1 is 0.833 bits per heavy atom. The topological polar surface area (TPSA) is 40.7 Å². The van der Waals surface area contributed by atoms with Crippen molar-refractivity contribution in [1.82, 2.24) is 9.97 Å². The van der Waals surface area contributed by atoms with Crippen LogP contribution in [0.4, 0.5) is 11.4 Å². The molecule has 0 radical (unpaired) electrons. The smallest absolute Gasteiger partial charge is 0.138 e. The van der Waals surface area contributed by atoms with Gasteiger partial charge in [0.2, 0.25) is 0 Å². The molecule has 3 heteroatoms. The van der Waals surface area contributed by atoms with Crippen molar-refractivity contribution < 1.29 is 0 Å². The molecule has 0 aliphatic rings. The lowest BCUT2D eigenvalue weighted by atomic mass is 10.1. The van der Waals surface area contributed by atoms with Crippen LogP contribution in [-0.2, 0) is 0 Å². The van der Waals surface area contributed by atoms with E-state index in [0.29, 0.717) is 0 Å². The van der Waals surface area contributed by atoms with Crippen molar-refractivity contribution in [2.45, 2.75) is 0 Å². The Bertz CT molecular complexity index is 1040. The molecular weight excluding hydrogens is 294 g/mol. The lowest BCUT2D eigenvalue weighted by Gasteiger charge is -2.06. The first-order chi connectivity index (χ1) is 11.9. The summed E-state index contributed by atoms with van der Waals surface area (Å²) in [5, 5.41) is 4.43. The Labute approximate surface area is 140 Å². The lowest BCUT2D eigenvalue weighted by Crippen LogP contribution is -1.90. The highest BCUT2D eigenvalue weighted by Crippen LogP contribution is 2.18. The van der Waals surface area contributed by atoms with Gasteiger partial charge in [-0.3, -0.25) is 0 Å². The van der Waals surface area contributed by atoms with E-state index < -0.39 is 0 Å². The van der Waals surface area contributed by atoms with E-state index >= 15 is 0 Å². The van der Waals surface area contributed by atoms with Crippen LogP contribution < -0.4 is 5.32 Å².